The quantitative estimate of drug-likeness (QED) is 0.706. The highest BCUT2D eigenvalue weighted by atomic mass is 16.5. The van der Waals surface area contributed by atoms with Crippen molar-refractivity contribution < 1.29 is 4.74 Å². The van der Waals surface area contributed by atoms with Crippen LogP contribution in [0.15, 0.2) is 0 Å². The van der Waals surface area contributed by atoms with Gasteiger partial charge in [0.05, 0.1) is 13.2 Å². The minimum atomic E-state index is 0.437. The average molecular weight is 211 g/mol. The summed E-state index contributed by atoms with van der Waals surface area (Å²) in [6.45, 7) is 6.55. The van der Waals surface area contributed by atoms with Crippen LogP contribution in [0.5, 0.6) is 0 Å². The molecule has 0 atom stereocenters. The first kappa shape index (κ1) is 11.4. The molecule has 0 aromatic carbocycles. The molecule has 0 aromatic rings. The monoisotopic (exact) mass is 211 g/mol. The standard InChI is InChI=1S/C13H25NO/c1-13(10-15-11-13)9-14-8-7-12-5-3-2-4-6-12/h12,14H,2-11H2,1H3. The minimum absolute atomic E-state index is 0.437. The summed E-state index contributed by atoms with van der Waals surface area (Å²) < 4.78 is 5.24. The van der Waals surface area contributed by atoms with Crippen molar-refractivity contribution >= 4 is 0 Å². The van der Waals surface area contributed by atoms with Gasteiger partial charge in [0.1, 0.15) is 0 Å². The molecular formula is C13H25NO. The van der Waals surface area contributed by atoms with Crippen LogP contribution in [0.3, 0.4) is 0 Å². The Morgan fingerprint density at radius 3 is 2.53 bits per heavy atom. The molecule has 2 nitrogen and oxygen atoms in total. The van der Waals surface area contributed by atoms with E-state index in [-0.39, 0.29) is 0 Å². The molecule has 0 amide bonds. The first-order chi connectivity index (χ1) is 7.29. The van der Waals surface area contributed by atoms with Crippen LogP contribution in [0.25, 0.3) is 0 Å². The van der Waals surface area contributed by atoms with Gasteiger partial charge in [-0.3, -0.25) is 0 Å². The van der Waals surface area contributed by atoms with Crippen molar-refractivity contribution in [2.45, 2.75) is 45.4 Å². The van der Waals surface area contributed by atoms with Crippen molar-refractivity contribution in [2.24, 2.45) is 11.3 Å². The SMILES string of the molecule is CC1(CNCCC2CCCCC2)COC1. The van der Waals surface area contributed by atoms with Gasteiger partial charge in [-0.1, -0.05) is 39.0 Å². The van der Waals surface area contributed by atoms with E-state index < -0.39 is 0 Å². The Labute approximate surface area is 93.8 Å². The molecule has 2 aliphatic rings. The smallest absolute Gasteiger partial charge is 0.0554 e. The number of nitrogens with one attached hydrogen (secondary N) is 1. The van der Waals surface area contributed by atoms with Gasteiger partial charge in [0, 0.05) is 12.0 Å². The van der Waals surface area contributed by atoms with Crippen molar-refractivity contribution in [1.82, 2.24) is 5.32 Å². The highest BCUT2D eigenvalue weighted by molar-refractivity contribution is 4.82. The van der Waals surface area contributed by atoms with Gasteiger partial charge in [-0.15, -0.1) is 0 Å². The minimum Gasteiger partial charge on any atom is -0.380 e. The molecule has 0 bridgehead atoms. The second-order valence-electron chi connectivity index (χ2n) is 5.77. The summed E-state index contributed by atoms with van der Waals surface area (Å²) in [4.78, 5) is 0. The van der Waals surface area contributed by atoms with Crippen LogP contribution < -0.4 is 5.32 Å². The van der Waals surface area contributed by atoms with Gasteiger partial charge >= 0.3 is 0 Å². The predicted octanol–water partition coefficient (Wildman–Crippen LogP) is 2.58. The number of hydrogen-bond acceptors (Lipinski definition) is 2. The lowest BCUT2D eigenvalue weighted by atomic mass is 9.86. The van der Waals surface area contributed by atoms with Crippen molar-refractivity contribution in [3.05, 3.63) is 0 Å². The molecule has 1 heterocycles. The number of ether oxygens (including phenoxy) is 1. The van der Waals surface area contributed by atoms with Crippen molar-refractivity contribution in [1.29, 1.82) is 0 Å². The summed E-state index contributed by atoms with van der Waals surface area (Å²) in [5, 5.41) is 3.60. The van der Waals surface area contributed by atoms with Gasteiger partial charge < -0.3 is 10.1 Å². The Bertz CT molecular complexity index is 183. The van der Waals surface area contributed by atoms with Crippen LogP contribution in [0.1, 0.15) is 45.4 Å². The summed E-state index contributed by atoms with van der Waals surface area (Å²) in [6.07, 6.45) is 8.74. The predicted molar refractivity (Wildman–Crippen MR) is 63.0 cm³/mol. The molecule has 1 aliphatic carbocycles. The second kappa shape index (κ2) is 5.31. The molecule has 2 rings (SSSR count). The maximum atomic E-state index is 5.24. The van der Waals surface area contributed by atoms with Crippen molar-refractivity contribution in [3.8, 4) is 0 Å². The van der Waals surface area contributed by atoms with Gasteiger partial charge in [0.2, 0.25) is 0 Å². The molecule has 88 valence electrons. The summed E-state index contributed by atoms with van der Waals surface area (Å²) in [6, 6.07) is 0. The van der Waals surface area contributed by atoms with Crippen LogP contribution in [0.4, 0.5) is 0 Å². The third kappa shape index (κ3) is 3.46. The Kier molecular flexibility index (Phi) is 4.04. The van der Waals surface area contributed by atoms with Crippen LogP contribution in [-0.4, -0.2) is 26.3 Å². The largest absolute Gasteiger partial charge is 0.380 e. The Morgan fingerprint density at radius 2 is 1.93 bits per heavy atom. The van der Waals surface area contributed by atoms with Gasteiger partial charge in [-0.2, -0.15) is 0 Å². The lowest BCUT2D eigenvalue weighted by Gasteiger charge is -2.38. The van der Waals surface area contributed by atoms with E-state index in [4.69, 9.17) is 4.74 Å². The van der Waals surface area contributed by atoms with Gasteiger partial charge in [-0.25, -0.2) is 0 Å². The fourth-order valence-corrected chi connectivity index (χ4v) is 2.72. The zero-order valence-corrected chi connectivity index (χ0v) is 10.1. The fraction of sp³-hybridized carbons (Fsp3) is 1.00. The summed E-state index contributed by atoms with van der Waals surface area (Å²) in [5.41, 5.74) is 0.437. The first-order valence-corrected chi connectivity index (χ1v) is 6.57. The van der Waals surface area contributed by atoms with E-state index in [9.17, 15) is 0 Å². The molecule has 2 heteroatoms. The Balaban J connectivity index is 1.50. The molecule has 0 aromatic heterocycles. The van der Waals surface area contributed by atoms with Gasteiger partial charge in [-0.05, 0) is 18.9 Å². The summed E-state index contributed by atoms with van der Waals surface area (Å²) in [7, 11) is 0. The molecule has 0 spiro atoms. The van der Waals surface area contributed by atoms with Crippen molar-refractivity contribution in [3.63, 3.8) is 0 Å². The van der Waals surface area contributed by atoms with Crippen LogP contribution in [0, 0.1) is 11.3 Å². The maximum absolute atomic E-state index is 5.24. The maximum Gasteiger partial charge on any atom is 0.0554 e. The fourth-order valence-electron chi connectivity index (χ4n) is 2.72. The Morgan fingerprint density at radius 1 is 1.20 bits per heavy atom. The lowest BCUT2D eigenvalue weighted by Crippen LogP contribution is -2.47. The number of rotatable bonds is 5. The van der Waals surface area contributed by atoms with E-state index in [1.54, 1.807) is 0 Å². The van der Waals surface area contributed by atoms with Gasteiger partial charge in [0.15, 0.2) is 0 Å². The molecule has 0 unspecified atom stereocenters. The van der Waals surface area contributed by atoms with Crippen LogP contribution in [-0.2, 0) is 4.74 Å². The van der Waals surface area contributed by atoms with E-state index in [1.165, 1.54) is 45.1 Å². The average Bonchev–Trinajstić information content (AvgIpc) is 2.23. The van der Waals surface area contributed by atoms with Crippen molar-refractivity contribution in [2.75, 3.05) is 26.3 Å². The molecule has 15 heavy (non-hydrogen) atoms. The molecule has 1 saturated heterocycles. The highest BCUT2D eigenvalue weighted by Gasteiger charge is 2.32. The molecule has 1 N–H and O–H groups in total. The summed E-state index contributed by atoms with van der Waals surface area (Å²) >= 11 is 0. The molecule has 0 radical (unpaired) electrons. The van der Waals surface area contributed by atoms with E-state index in [1.807, 2.05) is 0 Å². The lowest BCUT2D eigenvalue weighted by molar-refractivity contribution is -0.0990. The molecular weight excluding hydrogens is 186 g/mol. The van der Waals surface area contributed by atoms with Gasteiger partial charge in [0.25, 0.3) is 0 Å². The second-order valence-corrected chi connectivity index (χ2v) is 5.77. The van der Waals surface area contributed by atoms with Crippen LogP contribution >= 0.6 is 0 Å². The Hall–Kier alpha value is -0.0800. The summed E-state index contributed by atoms with van der Waals surface area (Å²) in [5.74, 6) is 1.01. The first-order valence-electron chi connectivity index (χ1n) is 6.57. The van der Waals surface area contributed by atoms with E-state index in [0.717, 1.165) is 25.7 Å². The van der Waals surface area contributed by atoms with E-state index in [2.05, 4.69) is 12.2 Å². The highest BCUT2D eigenvalue weighted by Crippen LogP contribution is 2.27. The molecule has 1 aliphatic heterocycles. The molecule has 2 fully saturated rings. The zero-order chi connectivity index (χ0) is 10.6. The molecule has 1 saturated carbocycles. The third-order valence-electron chi connectivity index (χ3n) is 3.91. The van der Waals surface area contributed by atoms with Crippen LogP contribution in [0.2, 0.25) is 0 Å². The zero-order valence-electron chi connectivity index (χ0n) is 10.1. The topological polar surface area (TPSA) is 21.3 Å². The number of hydrogen-bond donors (Lipinski definition) is 1. The van der Waals surface area contributed by atoms with E-state index >= 15 is 0 Å². The normalized spacial score (nSPS) is 26.2. The third-order valence-corrected chi connectivity index (χ3v) is 3.91. The van der Waals surface area contributed by atoms with E-state index in [0.29, 0.717) is 5.41 Å².